The van der Waals surface area contributed by atoms with Gasteiger partial charge in [-0.1, -0.05) is 0 Å². The van der Waals surface area contributed by atoms with Gasteiger partial charge in [-0.2, -0.15) is 0 Å². The van der Waals surface area contributed by atoms with Crippen molar-refractivity contribution in [1.82, 2.24) is 5.32 Å². The van der Waals surface area contributed by atoms with Gasteiger partial charge in [-0.05, 0) is 20.3 Å². The Hall–Kier alpha value is -0.130. The highest BCUT2D eigenvalue weighted by atomic mass is 32.2. The summed E-state index contributed by atoms with van der Waals surface area (Å²) in [7, 11) is -2.87. The molecule has 2 aliphatic heterocycles. The molecule has 0 aromatic heterocycles. The van der Waals surface area contributed by atoms with Crippen molar-refractivity contribution in [3.8, 4) is 0 Å². The van der Waals surface area contributed by atoms with Gasteiger partial charge < -0.3 is 10.1 Å². The Morgan fingerprint density at radius 2 is 2.00 bits per heavy atom. The van der Waals surface area contributed by atoms with E-state index in [1.54, 1.807) is 0 Å². The molecule has 0 saturated carbocycles. The molecule has 0 aromatic rings. The van der Waals surface area contributed by atoms with Crippen LogP contribution >= 0.6 is 0 Å². The number of rotatable bonds is 0. The van der Waals surface area contributed by atoms with Gasteiger partial charge in [-0.25, -0.2) is 8.42 Å². The molecule has 14 heavy (non-hydrogen) atoms. The molecule has 4 nitrogen and oxygen atoms in total. The topological polar surface area (TPSA) is 55.4 Å². The van der Waals surface area contributed by atoms with Crippen LogP contribution in [0.15, 0.2) is 0 Å². The maximum atomic E-state index is 11.4. The first kappa shape index (κ1) is 10.4. The van der Waals surface area contributed by atoms with Crippen molar-refractivity contribution in [3.63, 3.8) is 0 Å². The molecular weight excluding hydrogens is 202 g/mol. The van der Waals surface area contributed by atoms with Crippen LogP contribution < -0.4 is 5.32 Å². The summed E-state index contributed by atoms with van der Waals surface area (Å²) in [4.78, 5) is 0. The summed E-state index contributed by atoms with van der Waals surface area (Å²) in [6, 6.07) is 0. The third kappa shape index (κ3) is 1.94. The Bertz CT molecular complexity index is 336. The average Bonchev–Trinajstić information content (AvgIpc) is 2.24. The van der Waals surface area contributed by atoms with E-state index >= 15 is 0 Å². The van der Waals surface area contributed by atoms with Crippen molar-refractivity contribution in [2.75, 3.05) is 24.6 Å². The fourth-order valence-electron chi connectivity index (χ4n) is 2.36. The third-order valence-corrected chi connectivity index (χ3v) is 4.63. The summed E-state index contributed by atoms with van der Waals surface area (Å²) in [6.07, 6.45) is 0.631. The van der Waals surface area contributed by atoms with Gasteiger partial charge in [0.05, 0.1) is 22.7 Å². The van der Waals surface area contributed by atoms with Crippen LogP contribution in [0.5, 0.6) is 0 Å². The molecule has 2 aliphatic rings. The molecule has 1 atom stereocenters. The van der Waals surface area contributed by atoms with E-state index in [4.69, 9.17) is 4.74 Å². The van der Waals surface area contributed by atoms with E-state index in [9.17, 15) is 8.42 Å². The van der Waals surface area contributed by atoms with Crippen LogP contribution in [-0.2, 0) is 14.6 Å². The van der Waals surface area contributed by atoms with E-state index in [-0.39, 0.29) is 17.1 Å². The van der Waals surface area contributed by atoms with Crippen LogP contribution in [-0.4, -0.2) is 44.2 Å². The highest BCUT2D eigenvalue weighted by molar-refractivity contribution is 7.91. The lowest BCUT2D eigenvalue weighted by Gasteiger charge is -2.43. The zero-order valence-electron chi connectivity index (χ0n) is 8.67. The maximum Gasteiger partial charge on any atom is 0.153 e. The second kappa shape index (κ2) is 2.93. The standard InChI is InChI=1S/C9H17NO3S/c1-8(2)5-10-6-9(13-8)3-4-14(11,12)7-9/h10H,3-7H2,1-2H3. The fourth-order valence-corrected chi connectivity index (χ4v) is 4.29. The molecule has 0 aromatic carbocycles. The largest absolute Gasteiger partial charge is 0.365 e. The summed E-state index contributed by atoms with van der Waals surface area (Å²) in [5.41, 5.74) is -0.710. The number of ether oxygens (including phenoxy) is 1. The minimum Gasteiger partial charge on any atom is -0.365 e. The van der Waals surface area contributed by atoms with Crippen molar-refractivity contribution in [2.45, 2.75) is 31.5 Å². The van der Waals surface area contributed by atoms with Crippen molar-refractivity contribution in [1.29, 1.82) is 0 Å². The van der Waals surface area contributed by atoms with Crippen molar-refractivity contribution in [2.24, 2.45) is 0 Å². The lowest BCUT2D eigenvalue weighted by Crippen LogP contribution is -2.58. The van der Waals surface area contributed by atoms with E-state index in [1.165, 1.54) is 0 Å². The van der Waals surface area contributed by atoms with Crippen LogP contribution in [0, 0.1) is 0 Å². The number of morpholine rings is 1. The first-order valence-corrected chi connectivity index (χ1v) is 6.76. The lowest BCUT2D eigenvalue weighted by molar-refractivity contribution is -0.148. The Kier molecular flexibility index (Phi) is 2.18. The van der Waals surface area contributed by atoms with E-state index in [2.05, 4.69) is 5.32 Å². The van der Waals surface area contributed by atoms with Crippen molar-refractivity contribution < 1.29 is 13.2 Å². The van der Waals surface area contributed by atoms with Crippen LogP contribution in [0.3, 0.4) is 0 Å². The molecule has 2 rings (SSSR count). The minimum absolute atomic E-state index is 0.177. The predicted octanol–water partition coefficient (Wildman–Crippen LogP) is -0.0579. The molecular formula is C9H17NO3S. The van der Waals surface area contributed by atoms with E-state index in [0.717, 1.165) is 6.54 Å². The molecule has 0 aliphatic carbocycles. The zero-order valence-corrected chi connectivity index (χ0v) is 9.49. The second-order valence-electron chi connectivity index (χ2n) is 4.99. The lowest BCUT2D eigenvalue weighted by atomic mass is 9.97. The van der Waals surface area contributed by atoms with Gasteiger partial charge in [0, 0.05) is 13.1 Å². The highest BCUT2D eigenvalue weighted by Crippen LogP contribution is 2.33. The first-order chi connectivity index (χ1) is 6.33. The monoisotopic (exact) mass is 219 g/mol. The number of hydrogen-bond acceptors (Lipinski definition) is 4. The smallest absolute Gasteiger partial charge is 0.153 e. The third-order valence-electron chi connectivity index (χ3n) is 2.84. The Labute approximate surface area is 84.9 Å². The fraction of sp³-hybridized carbons (Fsp3) is 1.00. The number of hydrogen-bond donors (Lipinski definition) is 1. The van der Waals surface area contributed by atoms with Gasteiger partial charge >= 0.3 is 0 Å². The van der Waals surface area contributed by atoms with Crippen LogP contribution in [0.4, 0.5) is 0 Å². The summed E-state index contributed by atoms with van der Waals surface area (Å²) in [5, 5.41) is 3.26. The molecule has 82 valence electrons. The number of nitrogens with one attached hydrogen (secondary N) is 1. The molecule has 0 radical (unpaired) electrons. The zero-order chi connectivity index (χ0) is 10.4. The Morgan fingerprint density at radius 1 is 1.29 bits per heavy atom. The summed E-state index contributed by atoms with van der Waals surface area (Å²) >= 11 is 0. The SMILES string of the molecule is CC1(C)CNCC2(CCS(=O)(=O)C2)O1. The van der Waals surface area contributed by atoms with Crippen molar-refractivity contribution in [3.05, 3.63) is 0 Å². The molecule has 1 N–H and O–H groups in total. The molecule has 5 heteroatoms. The van der Waals surface area contributed by atoms with E-state index in [1.807, 2.05) is 13.8 Å². The maximum absolute atomic E-state index is 11.4. The van der Waals surface area contributed by atoms with E-state index in [0.29, 0.717) is 13.0 Å². The van der Waals surface area contributed by atoms with Gasteiger partial charge in [0.25, 0.3) is 0 Å². The van der Waals surface area contributed by atoms with Crippen molar-refractivity contribution >= 4 is 9.84 Å². The van der Waals surface area contributed by atoms with Gasteiger partial charge in [0.2, 0.25) is 0 Å². The number of sulfone groups is 1. The highest BCUT2D eigenvalue weighted by Gasteiger charge is 2.48. The normalized spacial score (nSPS) is 40.1. The van der Waals surface area contributed by atoms with Crippen LogP contribution in [0.2, 0.25) is 0 Å². The summed E-state index contributed by atoms with van der Waals surface area (Å²) in [5.74, 6) is 0.446. The molecule has 2 heterocycles. The van der Waals surface area contributed by atoms with Gasteiger partial charge in [0.15, 0.2) is 9.84 Å². The second-order valence-corrected chi connectivity index (χ2v) is 7.17. The molecule has 2 saturated heterocycles. The molecule has 0 amide bonds. The molecule has 2 fully saturated rings. The summed E-state index contributed by atoms with van der Waals surface area (Å²) in [6.45, 7) is 5.43. The minimum atomic E-state index is -2.87. The average molecular weight is 219 g/mol. The van der Waals surface area contributed by atoms with Crippen LogP contribution in [0.25, 0.3) is 0 Å². The first-order valence-electron chi connectivity index (χ1n) is 4.94. The van der Waals surface area contributed by atoms with Crippen LogP contribution in [0.1, 0.15) is 20.3 Å². The molecule has 1 unspecified atom stereocenters. The summed E-state index contributed by atoms with van der Waals surface area (Å²) < 4.78 is 28.7. The van der Waals surface area contributed by atoms with E-state index < -0.39 is 15.4 Å². The van der Waals surface area contributed by atoms with Gasteiger partial charge in [0.1, 0.15) is 0 Å². The molecule has 0 bridgehead atoms. The quantitative estimate of drug-likeness (QED) is 0.620. The Balaban J connectivity index is 2.18. The Morgan fingerprint density at radius 3 is 2.50 bits per heavy atom. The van der Waals surface area contributed by atoms with Gasteiger partial charge in [-0.15, -0.1) is 0 Å². The molecule has 1 spiro atoms. The predicted molar refractivity (Wildman–Crippen MR) is 54.0 cm³/mol. The van der Waals surface area contributed by atoms with Gasteiger partial charge in [-0.3, -0.25) is 0 Å².